The van der Waals surface area contributed by atoms with Crippen LogP contribution in [-0.4, -0.2) is 43.9 Å². The minimum absolute atomic E-state index is 0. The van der Waals surface area contributed by atoms with Crippen LogP contribution in [-0.2, 0) is 52.0 Å². The van der Waals surface area contributed by atoms with E-state index >= 15 is 0 Å². The van der Waals surface area contributed by atoms with Crippen molar-refractivity contribution in [3.05, 3.63) is 0 Å². The van der Waals surface area contributed by atoms with Gasteiger partial charge in [-0.05, 0) is 0 Å². The molecule has 19 heavy (non-hydrogen) atoms. The van der Waals surface area contributed by atoms with Crippen molar-refractivity contribution in [1.82, 2.24) is 0 Å². The molecular weight excluding hydrogens is 707 g/mol. The van der Waals surface area contributed by atoms with Crippen LogP contribution in [0.5, 0.6) is 0 Å². The first-order chi connectivity index (χ1) is 7.51. The largest absolute Gasteiger partial charge is 1.00 e. The first-order valence-electron chi connectivity index (χ1n) is 3.51. The van der Waals surface area contributed by atoms with Gasteiger partial charge in [0.15, 0.2) is 5.60 Å². The zero-order valence-corrected chi connectivity index (χ0v) is 17.8. The monoisotopic (exact) mass is 715 g/mol. The summed E-state index contributed by atoms with van der Waals surface area (Å²) in [5.74, 6) is -5.02. The van der Waals surface area contributed by atoms with Crippen LogP contribution >= 0.6 is 27.6 Å². The van der Waals surface area contributed by atoms with E-state index in [1.54, 1.807) is 0 Å². The van der Waals surface area contributed by atoms with Crippen LogP contribution in [0.25, 0.3) is 0 Å². The Hall–Kier alpha value is 1.72. The zero-order chi connectivity index (χ0) is 14.2. The molecular formula is C6H9Au2Cl3NaO7. The number of aliphatic carboxylic acids is 3. The van der Waals surface area contributed by atoms with Gasteiger partial charge in [0.1, 0.15) is 0 Å². The Labute approximate surface area is 165 Å². The smallest absolute Gasteiger partial charge is 1.00 e. The van der Waals surface area contributed by atoms with Crippen LogP contribution < -0.4 is 29.6 Å². The van der Waals surface area contributed by atoms with E-state index in [1.165, 1.54) is 0 Å². The Morgan fingerprint density at radius 3 is 1.32 bits per heavy atom. The van der Waals surface area contributed by atoms with Gasteiger partial charge in [-0.2, -0.15) is 0 Å². The van der Waals surface area contributed by atoms with Crippen LogP contribution in [0.3, 0.4) is 0 Å². The van der Waals surface area contributed by atoms with Crippen molar-refractivity contribution in [1.29, 1.82) is 0 Å². The van der Waals surface area contributed by atoms with Crippen molar-refractivity contribution in [3.8, 4) is 0 Å². The molecule has 0 aliphatic heterocycles. The summed E-state index contributed by atoms with van der Waals surface area (Å²) < 4.78 is 0. The third-order valence-corrected chi connectivity index (χ3v) is 1.29. The number of aliphatic hydroxyl groups is 1. The Bertz CT molecular complexity index is 292. The van der Waals surface area contributed by atoms with Crippen LogP contribution in [0.1, 0.15) is 14.3 Å². The van der Waals surface area contributed by atoms with E-state index in [0.29, 0.717) is 0 Å². The second-order valence-electron chi connectivity index (χ2n) is 2.61. The minimum Gasteiger partial charge on any atom is -1.00 e. The second-order valence-corrected chi connectivity index (χ2v) is 12.0. The van der Waals surface area contributed by atoms with Gasteiger partial charge < -0.3 is 21.9 Å². The molecule has 119 valence electrons. The molecule has 4 N–H and O–H groups in total. The summed E-state index contributed by atoms with van der Waals surface area (Å²) >= 11 is -1.79. The molecule has 0 fully saturated rings. The molecule has 13 heteroatoms. The summed E-state index contributed by atoms with van der Waals surface area (Å²) in [6.45, 7) is 0. The van der Waals surface area contributed by atoms with Gasteiger partial charge in [0.25, 0.3) is 0 Å². The first kappa shape index (κ1) is 28.8. The van der Waals surface area contributed by atoms with Crippen LogP contribution in [0.2, 0.25) is 0 Å². The molecule has 0 atom stereocenters. The fourth-order valence-electron chi connectivity index (χ4n) is 0.714. The van der Waals surface area contributed by atoms with E-state index in [-0.39, 0.29) is 53.4 Å². The molecule has 0 rings (SSSR count). The molecule has 0 bridgehead atoms. The number of halogens is 3. The van der Waals surface area contributed by atoms with Crippen LogP contribution in [0, 0.1) is 0 Å². The number of rotatable bonds is 5. The Balaban J connectivity index is -0.0000000951. The fraction of sp³-hybridized carbons (Fsp3) is 0.500. The number of carboxylic acids is 3. The average Bonchev–Trinajstić information content (AvgIpc) is 1.98. The molecule has 0 aromatic heterocycles. The van der Waals surface area contributed by atoms with E-state index in [2.05, 4.69) is 0 Å². The molecule has 0 spiro atoms. The van der Waals surface area contributed by atoms with Crippen molar-refractivity contribution in [2.24, 2.45) is 0 Å². The van der Waals surface area contributed by atoms with Crippen LogP contribution in [0.4, 0.5) is 0 Å². The zero-order valence-electron chi connectivity index (χ0n) is 10.2. The maximum absolute atomic E-state index is 10.3. The molecule has 1 radical (unpaired) electrons. The van der Waals surface area contributed by atoms with E-state index in [1.807, 2.05) is 0 Å². The molecule has 7 nitrogen and oxygen atoms in total. The van der Waals surface area contributed by atoms with Crippen molar-refractivity contribution in [2.75, 3.05) is 0 Å². The molecule has 0 saturated carbocycles. The Kier molecular flexibility index (Phi) is 22.2. The average molecular weight is 716 g/mol. The van der Waals surface area contributed by atoms with Crippen LogP contribution in [0.15, 0.2) is 0 Å². The second kappa shape index (κ2) is 14.6. The fourth-order valence-corrected chi connectivity index (χ4v) is 0.714. The summed E-state index contributed by atoms with van der Waals surface area (Å²) in [4.78, 5) is 30.5. The normalized spacial score (nSPS) is 9.79. The van der Waals surface area contributed by atoms with Gasteiger partial charge in [-0.1, -0.05) is 0 Å². The third-order valence-electron chi connectivity index (χ3n) is 1.29. The van der Waals surface area contributed by atoms with Crippen molar-refractivity contribution in [2.45, 2.75) is 18.4 Å². The minimum atomic E-state index is -2.74. The van der Waals surface area contributed by atoms with Gasteiger partial charge in [0.2, 0.25) is 0 Å². The van der Waals surface area contributed by atoms with Crippen molar-refractivity contribution >= 4 is 45.5 Å². The SMILES string of the molecule is O=C(O)CC(O)(CC(=O)O)C(=O)O.[Au].[Cl][Au]([Cl])[Cl].[H-].[Na+]. The van der Waals surface area contributed by atoms with Crippen molar-refractivity contribution < 1.29 is 103 Å². The van der Waals surface area contributed by atoms with E-state index in [4.69, 9.17) is 48.0 Å². The Morgan fingerprint density at radius 2 is 1.21 bits per heavy atom. The van der Waals surface area contributed by atoms with Crippen molar-refractivity contribution in [3.63, 3.8) is 0 Å². The van der Waals surface area contributed by atoms with Gasteiger partial charge >= 0.3 is 90.2 Å². The summed E-state index contributed by atoms with van der Waals surface area (Å²) in [5, 5.41) is 33.8. The molecule has 0 unspecified atom stereocenters. The molecule has 0 aromatic carbocycles. The maximum Gasteiger partial charge on any atom is 1.00 e. The number of hydrogen-bond acceptors (Lipinski definition) is 4. The molecule has 0 amide bonds. The quantitative estimate of drug-likeness (QED) is 0.241. The molecule has 0 heterocycles. The predicted octanol–water partition coefficient (Wildman–Crippen LogP) is -2.07. The van der Waals surface area contributed by atoms with E-state index < -0.39 is 51.5 Å². The summed E-state index contributed by atoms with van der Waals surface area (Å²) in [6.07, 6.45) is -2.29. The van der Waals surface area contributed by atoms with Gasteiger partial charge in [0, 0.05) is 22.4 Å². The number of hydrogen-bond donors (Lipinski definition) is 4. The first-order valence-corrected chi connectivity index (χ1v) is 11.6. The van der Waals surface area contributed by atoms with Gasteiger partial charge in [0.05, 0.1) is 12.8 Å². The maximum atomic E-state index is 10.3. The van der Waals surface area contributed by atoms with E-state index in [9.17, 15) is 14.4 Å². The summed E-state index contributed by atoms with van der Waals surface area (Å²) in [7, 11) is 14.9. The molecule has 0 saturated heterocycles. The molecule has 0 aliphatic carbocycles. The number of carboxylic acid groups (broad SMARTS) is 3. The number of carbonyl (C=O) groups is 3. The standard InChI is InChI=1S/C6H8O7.2Au.3ClH.Na.H/c7-3(8)1-6(13,5(11)12)2-4(9)10;;;;;;;/h13H,1-2H2,(H,7,8)(H,9,10)(H,11,12);;;3*1H;;/q;;+3;;;;+1;-1/p-3. The van der Waals surface area contributed by atoms with Gasteiger partial charge in [-0.25, -0.2) is 4.79 Å². The van der Waals surface area contributed by atoms with E-state index in [0.717, 1.165) is 0 Å². The Morgan fingerprint density at radius 1 is 1.00 bits per heavy atom. The van der Waals surface area contributed by atoms with Gasteiger partial charge in [-0.3, -0.25) is 9.59 Å². The topological polar surface area (TPSA) is 132 Å². The summed E-state index contributed by atoms with van der Waals surface area (Å²) in [6, 6.07) is 0. The molecule has 0 aliphatic rings. The predicted molar refractivity (Wildman–Crippen MR) is 55.8 cm³/mol. The summed E-state index contributed by atoms with van der Waals surface area (Å²) in [5.41, 5.74) is -2.74. The molecule has 0 aromatic rings. The third kappa shape index (κ3) is 19.7. The van der Waals surface area contributed by atoms with Gasteiger partial charge in [-0.15, -0.1) is 0 Å².